The van der Waals surface area contributed by atoms with E-state index in [0.29, 0.717) is 0 Å². The molecule has 0 aliphatic heterocycles. The Morgan fingerprint density at radius 3 is 3.11 bits per heavy atom. The van der Waals surface area contributed by atoms with Crippen LogP contribution in [-0.2, 0) is 4.79 Å². The van der Waals surface area contributed by atoms with Crippen LogP contribution in [0.25, 0.3) is 6.08 Å². The Morgan fingerprint density at radius 1 is 1.68 bits per heavy atom. The number of aromatic nitrogens is 2. The van der Waals surface area contributed by atoms with Gasteiger partial charge in [-0.2, -0.15) is 0 Å². The van der Waals surface area contributed by atoms with Crippen molar-refractivity contribution >= 4 is 39.2 Å². The normalized spacial score (nSPS) is 12.7. The number of H-pyrrole nitrogens is 1. The molecule has 6 heteroatoms. The Kier molecular flexibility index (Phi) is 4.93. The zero-order valence-corrected chi connectivity index (χ0v) is 12.8. The molecule has 2 aromatic rings. The van der Waals surface area contributed by atoms with Gasteiger partial charge in [0.1, 0.15) is 5.82 Å². The minimum atomic E-state index is -0.118. The number of carbonyl (C=O) groups excluding carboxylic acids is 1. The molecular weight excluding hydrogens is 326 g/mol. The van der Waals surface area contributed by atoms with Crippen molar-refractivity contribution in [3.8, 4) is 0 Å². The molecule has 0 saturated heterocycles. The van der Waals surface area contributed by atoms with Crippen LogP contribution in [0, 0.1) is 0 Å². The summed E-state index contributed by atoms with van der Waals surface area (Å²) >= 11 is 4.96. The van der Waals surface area contributed by atoms with E-state index in [-0.39, 0.29) is 11.9 Å². The molecule has 2 rings (SSSR count). The van der Waals surface area contributed by atoms with E-state index < -0.39 is 0 Å². The van der Waals surface area contributed by atoms with Gasteiger partial charge in [-0.1, -0.05) is 6.92 Å². The molecule has 0 fully saturated rings. The van der Waals surface area contributed by atoms with Gasteiger partial charge in [-0.15, -0.1) is 11.3 Å². The SMILES string of the molecule is CCC(NC(=O)C=Cc1cc(Br)cs1)c1ncc[nH]1. The van der Waals surface area contributed by atoms with E-state index in [4.69, 9.17) is 0 Å². The molecule has 19 heavy (non-hydrogen) atoms. The first-order valence-corrected chi connectivity index (χ1v) is 7.58. The van der Waals surface area contributed by atoms with E-state index in [1.807, 2.05) is 18.4 Å². The number of rotatable bonds is 5. The minimum absolute atomic E-state index is 0.0813. The lowest BCUT2D eigenvalue weighted by Crippen LogP contribution is -2.27. The molecule has 1 unspecified atom stereocenters. The third kappa shape index (κ3) is 4.04. The maximum atomic E-state index is 11.8. The lowest BCUT2D eigenvalue weighted by Gasteiger charge is -2.12. The van der Waals surface area contributed by atoms with E-state index in [1.54, 1.807) is 35.9 Å². The molecule has 0 radical (unpaired) electrons. The highest BCUT2D eigenvalue weighted by atomic mass is 79.9. The van der Waals surface area contributed by atoms with Gasteiger partial charge in [0.2, 0.25) is 5.91 Å². The lowest BCUT2D eigenvalue weighted by atomic mass is 10.2. The Labute approximate surface area is 124 Å². The van der Waals surface area contributed by atoms with E-state index in [0.717, 1.165) is 21.6 Å². The van der Waals surface area contributed by atoms with E-state index in [2.05, 4.69) is 31.2 Å². The predicted molar refractivity (Wildman–Crippen MR) is 80.8 cm³/mol. The zero-order chi connectivity index (χ0) is 13.7. The average Bonchev–Trinajstić information content (AvgIpc) is 3.05. The summed E-state index contributed by atoms with van der Waals surface area (Å²) in [5.41, 5.74) is 0. The first-order chi connectivity index (χ1) is 9.19. The van der Waals surface area contributed by atoms with Gasteiger partial charge in [0.15, 0.2) is 0 Å². The van der Waals surface area contributed by atoms with Crippen molar-refractivity contribution in [1.29, 1.82) is 0 Å². The van der Waals surface area contributed by atoms with Gasteiger partial charge in [-0.25, -0.2) is 4.98 Å². The second-order valence-corrected chi connectivity index (χ2v) is 5.80. The maximum Gasteiger partial charge on any atom is 0.244 e. The molecule has 0 saturated carbocycles. The van der Waals surface area contributed by atoms with Gasteiger partial charge in [0, 0.05) is 33.2 Å². The summed E-state index contributed by atoms with van der Waals surface area (Å²) in [5, 5.41) is 4.90. The Balaban J connectivity index is 1.95. The number of aromatic amines is 1. The Bertz CT molecular complexity index is 562. The molecule has 2 aromatic heterocycles. The number of imidazole rings is 1. The van der Waals surface area contributed by atoms with Crippen molar-refractivity contribution < 1.29 is 4.79 Å². The second kappa shape index (κ2) is 6.68. The summed E-state index contributed by atoms with van der Waals surface area (Å²) < 4.78 is 1.03. The third-order valence-corrected chi connectivity index (χ3v) is 4.22. The predicted octanol–water partition coefficient (Wildman–Crippen LogP) is 3.51. The van der Waals surface area contributed by atoms with Crippen LogP contribution < -0.4 is 5.32 Å². The number of thiophene rings is 1. The van der Waals surface area contributed by atoms with Crippen molar-refractivity contribution in [3.05, 3.63) is 45.1 Å². The van der Waals surface area contributed by atoms with Crippen LogP contribution in [0.5, 0.6) is 0 Å². The van der Waals surface area contributed by atoms with Crippen molar-refractivity contribution in [2.45, 2.75) is 19.4 Å². The monoisotopic (exact) mass is 339 g/mol. The van der Waals surface area contributed by atoms with Crippen LogP contribution in [0.3, 0.4) is 0 Å². The van der Waals surface area contributed by atoms with Gasteiger partial charge in [0.05, 0.1) is 6.04 Å². The summed E-state index contributed by atoms with van der Waals surface area (Å²) in [5.74, 6) is 0.663. The van der Waals surface area contributed by atoms with Crippen LogP contribution >= 0.6 is 27.3 Å². The highest BCUT2D eigenvalue weighted by Gasteiger charge is 2.12. The van der Waals surface area contributed by atoms with E-state index >= 15 is 0 Å². The largest absolute Gasteiger partial charge is 0.347 e. The number of nitrogens with zero attached hydrogens (tertiary/aromatic N) is 1. The van der Waals surface area contributed by atoms with Crippen LogP contribution in [0.1, 0.15) is 30.1 Å². The van der Waals surface area contributed by atoms with Crippen LogP contribution in [0.4, 0.5) is 0 Å². The van der Waals surface area contributed by atoms with E-state index in [1.165, 1.54) is 0 Å². The number of nitrogens with one attached hydrogen (secondary N) is 2. The highest BCUT2D eigenvalue weighted by Crippen LogP contribution is 2.20. The molecule has 4 nitrogen and oxygen atoms in total. The smallest absolute Gasteiger partial charge is 0.244 e. The van der Waals surface area contributed by atoms with Gasteiger partial charge in [0.25, 0.3) is 0 Å². The molecule has 0 spiro atoms. The second-order valence-electron chi connectivity index (χ2n) is 3.94. The number of hydrogen-bond acceptors (Lipinski definition) is 3. The van der Waals surface area contributed by atoms with Crippen LogP contribution in [0.2, 0.25) is 0 Å². The van der Waals surface area contributed by atoms with Gasteiger partial charge in [-0.05, 0) is 34.5 Å². The topological polar surface area (TPSA) is 57.8 Å². The molecular formula is C13H14BrN3OS. The van der Waals surface area contributed by atoms with Gasteiger partial charge in [-0.3, -0.25) is 4.79 Å². The molecule has 1 atom stereocenters. The molecule has 2 N–H and O–H groups in total. The molecule has 100 valence electrons. The molecule has 1 amide bonds. The maximum absolute atomic E-state index is 11.8. The fourth-order valence-electron chi connectivity index (χ4n) is 1.63. The summed E-state index contributed by atoms with van der Waals surface area (Å²) in [6.07, 6.45) is 7.58. The van der Waals surface area contributed by atoms with Crippen molar-refractivity contribution in [3.63, 3.8) is 0 Å². The quantitative estimate of drug-likeness (QED) is 0.819. The fraction of sp³-hybridized carbons (Fsp3) is 0.231. The summed E-state index contributed by atoms with van der Waals surface area (Å²) in [7, 11) is 0. The Hall–Kier alpha value is -1.40. The van der Waals surface area contributed by atoms with Crippen LogP contribution in [0.15, 0.2) is 34.4 Å². The number of halogens is 1. The first-order valence-electron chi connectivity index (χ1n) is 5.91. The third-order valence-electron chi connectivity index (χ3n) is 2.56. The lowest BCUT2D eigenvalue weighted by molar-refractivity contribution is -0.117. The molecule has 0 aliphatic rings. The molecule has 0 aromatic carbocycles. The fourth-order valence-corrected chi connectivity index (χ4v) is 2.96. The summed E-state index contributed by atoms with van der Waals surface area (Å²) in [6, 6.07) is 1.89. The number of amides is 1. The van der Waals surface area contributed by atoms with Gasteiger partial charge >= 0.3 is 0 Å². The molecule has 0 bridgehead atoms. The van der Waals surface area contributed by atoms with E-state index in [9.17, 15) is 4.79 Å². The minimum Gasteiger partial charge on any atom is -0.347 e. The standard InChI is InChI=1S/C13H14BrN3OS/c1-2-11(13-15-5-6-16-13)17-12(18)4-3-10-7-9(14)8-19-10/h3-8,11H,2H2,1H3,(H,15,16)(H,17,18). The van der Waals surface area contributed by atoms with Gasteiger partial charge < -0.3 is 10.3 Å². The zero-order valence-electron chi connectivity index (χ0n) is 10.4. The summed E-state index contributed by atoms with van der Waals surface area (Å²) in [6.45, 7) is 2.01. The van der Waals surface area contributed by atoms with Crippen molar-refractivity contribution in [1.82, 2.24) is 15.3 Å². The molecule has 2 heterocycles. The highest BCUT2D eigenvalue weighted by molar-refractivity contribution is 9.10. The summed E-state index contributed by atoms with van der Waals surface area (Å²) in [4.78, 5) is 20.1. The Morgan fingerprint density at radius 2 is 2.53 bits per heavy atom. The number of hydrogen-bond donors (Lipinski definition) is 2. The average molecular weight is 340 g/mol. The number of carbonyl (C=O) groups is 1. The van der Waals surface area contributed by atoms with Crippen molar-refractivity contribution in [2.24, 2.45) is 0 Å². The van der Waals surface area contributed by atoms with Crippen LogP contribution in [-0.4, -0.2) is 15.9 Å². The molecule has 0 aliphatic carbocycles. The van der Waals surface area contributed by atoms with Crippen molar-refractivity contribution in [2.75, 3.05) is 0 Å². The first kappa shape index (κ1) is 14.0.